The van der Waals surface area contributed by atoms with Crippen molar-refractivity contribution in [1.82, 2.24) is 9.97 Å². The largest absolute Gasteiger partial charge is 0.478 e. The first-order valence-electron chi connectivity index (χ1n) is 5.84. The zero-order chi connectivity index (χ0) is 13.4. The molecule has 0 saturated heterocycles. The number of aliphatic imine (C=N–C) groups is 1. The normalized spacial score (nSPS) is 12.5. The van der Waals surface area contributed by atoms with Gasteiger partial charge in [-0.2, -0.15) is 0 Å². The molecule has 3 rings (SSSR count). The van der Waals surface area contributed by atoms with Gasteiger partial charge in [-0.25, -0.2) is 14.8 Å². The van der Waals surface area contributed by atoms with Crippen molar-refractivity contribution >= 4 is 12.2 Å². The number of aromatic carboxylic acids is 1. The van der Waals surface area contributed by atoms with Gasteiger partial charge in [0, 0.05) is 24.2 Å². The highest BCUT2D eigenvalue weighted by molar-refractivity contribution is 5.99. The molecule has 0 saturated carbocycles. The summed E-state index contributed by atoms with van der Waals surface area (Å²) in [4.78, 5) is 23.8. The summed E-state index contributed by atoms with van der Waals surface area (Å²) in [5.74, 6) is -0.298. The third-order valence-electron chi connectivity index (χ3n) is 3.09. The first kappa shape index (κ1) is 11.5. The summed E-state index contributed by atoms with van der Waals surface area (Å²) in [5.41, 5.74) is 3.48. The van der Waals surface area contributed by atoms with Gasteiger partial charge in [0.2, 0.25) is 0 Å². The van der Waals surface area contributed by atoms with Crippen LogP contribution in [0.5, 0.6) is 0 Å². The highest BCUT2D eigenvalue weighted by atomic mass is 16.4. The van der Waals surface area contributed by atoms with E-state index in [1.807, 2.05) is 6.07 Å². The molecule has 0 fully saturated rings. The zero-order valence-corrected chi connectivity index (χ0v) is 10.3. The van der Waals surface area contributed by atoms with Gasteiger partial charge >= 0.3 is 5.97 Å². The molecule has 1 aromatic carbocycles. The standard InChI is InChI=1S/C14H11N3O2/c1-8-16-6-11(7-17-8)12-2-9-4-15-5-10(9)3-13(12)14(18)19/h2-4,6-7H,5H2,1H3,(H,18,19). The lowest BCUT2D eigenvalue weighted by Gasteiger charge is -2.08. The maximum atomic E-state index is 11.4. The minimum Gasteiger partial charge on any atom is -0.478 e. The number of rotatable bonds is 2. The van der Waals surface area contributed by atoms with Crippen LogP contribution < -0.4 is 0 Å². The topological polar surface area (TPSA) is 75.4 Å². The van der Waals surface area contributed by atoms with Crippen LogP contribution >= 0.6 is 0 Å². The molecule has 19 heavy (non-hydrogen) atoms. The molecule has 1 N–H and O–H groups in total. The van der Waals surface area contributed by atoms with E-state index in [1.54, 1.807) is 31.6 Å². The predicted octanol–water partition coefficient (Wildman–Crippen LogP) is 2.08. The monoisotopic (exact) mass is 253 g/mol. The molecular formula is C14H11N3O2. The van der Waals surface area contributed by atoms with E-state index in [4.69, 9.17) is 0 Å². The average Bonchev–Trinajstić information content (AvgIpc) is 2.85. The lowest BCUT2D eigenvalue weighted by molar-refractivity contribution is 0.0697. The van der Waals surface area contributed by atoms with Crippen LogP contribution in [0.4, 0.5) is 0 Å². The molecule has 1 aliphatic heterocycles. The Labute approximate surface area is 109 Å². The number of nitrogens with zero attached hydrogens (tertiary/aromatic N) is 3. The predicted molar refractivity (Wildman–Crippen MR) is 70.5 cm³/mol. The summed E-state index contributed by atoms with van der Waals surface area (Å²) in [6.45, 7) is 2.33. The number of carboxylic acid groups (broad SMARTS) is 1. The Balaban J connectivity index is 2.21. The van der Waals surface area contributed by atoms with Crippen molar-refractivity contribution in [2.24, 2.45) is 4.99 Å². The molecular weight excluding hydrogens is 242 g/mol. The molecule has 1 aliphatic rings. The lowest BCUT2D eigenvalue weighted by atomic mass is 9.96. The summed E-state index contributed by atoms with van der Waals surface area (Å²) >= 11 is 0. The Morgan fingerprint density at radius 3 is 2.68 bits per heavy atom. The first-order valence-corrected chi connectivity index (χ1v) is 5.84. The van der Waals surface area contributed by atoms with E-state index in [1.165, 1.54) is 0 Å². The van der Waals surface area contributed by atoms with Crippen molar-refractivity contribution in [3.63, 3.8) is 0 Å². The molecule has 94 valence electrons. The van der Waals surface area contributed by atoms with Crippen molar-refractivity contribution in [2.45, 2.75) is 13.5 Å². The molecule has 0 amide bonds. The van der Waals surface area contributed by atoms with Crippen LogP contribution in [-0.2, 0) is 6.54 Å². The van der Waals surface area contributed by atoms with E-state index in [0.29, 0.717) is 23.5 Å². The number of aromatic nitrogens is 2. The summed E-state index contributed by atoms with van der Waals surface area (Å²) in [5, 5.41) is 9.33. The molecule has 5 heteroatoms. The Bertz CT molecular complexity index is 691. The Morgan fingerprint density at radius 2 is 2.00 bits per heavy atom. The third kappa shape index (κ3) is 1.99. The van der Waals surface area contributed by atoms with Gasteiger partial charge in [0.05, 0.1) is 12.1 Å². The number of hydrogen-bond donors (Lipinski definition) is 1. The molecule has 0 spiro atoms. The smallest absolute Gasteiger partial charge is 0.336 e. The second-order valence-corrected chi connectivity index (χ2v) is 4.39. The molecule has 0 radical (unpaired) electrons. The van der Waals surface area contributed by atoms with Gasteiger partial charge in [-0.15, -0.1) is 0 Å². The molecule has 2 aromatic rings. The van der Waals surface area contributed by atoms with Gasteiger partial charge in [0.1, 0.15) is 5.82 Å². The van der Waals surface area contributed by atoms with Crippen LogP contribution in [0.2, 0.25) is 0 Å². The van der Waals surface area contributed by atoms with Crippen LogP contribution in [0, 0.1) is 6.92 Å². The quantitative estimate of drug-likeness (QED) is 0.889. The fourth-order valence-corrected chi connectivity index (χ4v) is 2.11. The number of benzene rings is 1. The molecule has 5 nitrogen and oxygen atoms in total. The van der Waals surface area contributed by atoms with Gasteiger partial charge in [0.15, 0.2) is 0 Å². The van der Waals surface area contributed by atoms with Crippen LogP contribution in [-0.4, -0.2) is 27.3 Å². The fourth-order valence-electron chi connectivity index (χ4n) is 2.11. The molecule has 0 bridgehead atoms. The second-order valence-electron chi connectivity index (χ2n) is 4.39. The molecule has 2 heterocycles. The van der Waals surface area contributed by atoms with Crippen molar-refractivity contribution in [3.8, 4) is 11.1 Å². The van der Waals surface area contributed by atoms with Gasteiger partial charge in [-0.1, -0.05) is 0 Å². The number of aryl methyl sites for hydroxylation is 1. The maximum absolute atomic E-state index is 11.4. The number of carboxylic acids is 1. The minimum atomic E-state index is -0.953. The van der Waals surface area contributed by atoms with Crippen molar-refractivity contribution in [2.75, 3.05) is 0 Å². The molecule has 0 aliphatic carbocycles. The van der Waals surface area contributed by atoms with E-state index < -0.39 is 5.97 Å². The highest BCUT2D eigenvalue weighted by Crippen LogP contribution is 2.28. The Kier molecular flexibility index (Phi) is 2.59. The summed E-state index contributed by atoms with van der Waals surface area (Å²) in [6, 6.07) is 3.52. The van der Waals surface area contributed by atoms with Gasteiger partial charge in [-0.3, -0.25) is 4.99 Å². The van der Waals surface area contributed by atoms with E-state index in [0.717, 1.165) is 11.1 Å². The van der Waals surface area contributed by atoms with Gasteiger partial charge in [0.25, 0.3) is 0 Å². The molecule has 0 atom stereocenters. The summed E-state index contributed by atoms with van der Waals surface area (Å²) in [6.07, 6.45) is 5.05. The van der Waals surface area contributed by atoms with Crippen molar-refractivity contribution in [3.05, 3.63) is 47.0 Å². The van der Waals surface area contributed by atoms with Crippen LogP contribution in [0.15, 0.2) is 29.5 Å². The minimum absolute atomic E-state index is 0.261. The summed E-state index contributed by atoms with van der Waals surface area (Å²) < 4.78 is 0. The molecule has 0 unspecified atom stereocenters. The molecule has 1 aromatic heterocycles. The van der Waals surface area contributed by atoms with E-state index in [-0.39, 0.29) is 5.56 Å². The van der Waals surface area contributed by atoms with Gasteiger partial charge < -0.3 is 5.11 Å². The van der Waals surface area contributed by atoms with E-state index in [9.17, 15) is 9.90 Å². The first-order chi connectivity index (χ1) is 9.15. The second kappa shape index (κ2) is 4.28. The third-order valence-corrected chi connectivity index (χ3v) is 3.09. The van der Waals surface area contributed by atoms with Gasteiger partial charge in [-0.05, 0) is 35.7 Å². The highest BCUT2D eigenvalue weighted by Gasteiger charge is 2.17. The Hall–Kier alpha value is -2.56. The van der Waals surface area contributed by atoms with E-state index >= 15 is 0 Å². The summed E-state index contributed by atoms with van der Waals surface area (Å²) in [7, 11) is 0. The van der Waals surface area contributed by atoms with E-state index in [2.05, 4.69) is 15.0 Å². The average molecular weight is 253 g/mol. The number of hydrogen-bond acceptors (Lipinski definition) is 4. The van der Waals surface area contributed by atoms with Crippen molar-refractivity contribution in [1.29, 1.82) is 0 Å². The fraction of sp³-hybridized carbons (Fsp3) is 0.143. The lowest BCUT2D eigenvalue weighted by Crippen LogP contribution is -2.03. The maximum Gasteiger partial charge on any atom is 0.336 e. The SMILES string of the molecule is Cc1ncc(-c2cc3c(cc2C(=O)O)CN=C3)cn1. The van der Waals surface area contributed by atoms with Crippen LogP contribution in [0.25, 0.3) is 11.1 Å². The zero-order valence-electron chi connectivity index (χ0n) is 10.3. The Morgan fingerprint density at radius 1 is 1.26 bits per heavy atom. The van der Waals surface area contributed by atoms with Crippen LogP contribution in [0.3, 0.4) is 0 Å². The van der Waals surface area contributed by atoms with Crippen molar-refractivity contribution < 1.29 is 9.90 Å². The number of fused-ring (bicyclic) bond motifs is 1. The number of carbonyl (C=O) groups is 1. The van der Waals surface area contributed by atoms with Crippen LogP contribution in [0.1, 0.15) is 27.3 Å².